The number of hydrogen-bond donors (Lipinski definition) is 2. The standard InChI is InChI=1S/C13H14N4O2/c14-5-8-6-16-13(17-12(8)15)11-7-18-9-3-1-2-4-10(9)19-11/h1-4,6,11H,5,7,14H2,(H2,15,16,17). The fourth-order valence-corrected chi connectivity index (χ4v) is 1.89. The normalized spacial score (nSPS) is 17.2. The van der Waals surface area contributed by atoms with Crippen LogP contribution in [0.1, 0.15) is 17.5 Å². The molecule has 0 radical (unpaired) electrons. The molecule has 0 fully saturated rings. The van der Waals surface area contributed by atoms with Crippen LogP contribution in [-0.2, 0) is 6.54 Å². The van der Waals surface area contributed by atoms with Crippen LogP contribution in [0.4, 0.5) is 5.82 Å². The molecule has 1 aliphatic heterocycles. The summed E-state index contributed by atoms with van der Waals surface area (Å²) in [5, 5.41) is 0. The van der Waals surface area contributed by atoms with Gasteiger partial charge >= 0.3 is 0 Å². The predicted octanol–water partition coefficient (Wildman–Crippen LogP) is 1.03. The number of aromatic nitrogens is 2. The molecule has 2 heterocycles. The van der Waals surface area contributed by atoms with Crippen molar-refractivity contribution in [1.29, 1.82) is 0 Å². The molecule has 0 bridgehead atoms. The van der Waals surface area contributed by atoms with E-state index >= 15 is 0 Å². The number of nitrogen functional groups attached to an aromatic ring is 1. The molecule has 1 atom stereocenters. The predicted molar refractivity (Wildman–Crippen MR) is 69.6 cm³/mol. The van der Waals surface area contributed by atoms with Crippen LogP contribution in [0.3, 0.4) is 0 Å². The average molecular weight is 258 g/mol. The van der Waals surface area contributed by atoms with Gasteiger partial charge in [-0.15, -0.1) is 0 Å². The second-order valence-corrected chi connectivity index (χ2v) is 4.21. The lowest BCUT2D eigenvalue weighted by Gasteiger charge is -2.25. The van der Waals surface area contributed by atoms with Crippen LogP contribution in [-0.4, -0.2) is 16.6 Å². The zero-order valence-electron chi connectivity index (χ0n) is 10.2. The number of ether oxygens (including phenoxy) is 2. The number of rotatable bonds is 2. The van der Waals surface area contributed by atoms with Gasteiger partial charge in [-0.2, -0.15) is 0 Å². The highest BCUT2D eigenvalue weighted by molar-refractivity contribution is 5.42. The van der Waals surface area contributed by atoms with Gasteiger partial charge in [0.1, 0.15) is 12.4 Å². The number of benzene rings is 1. The van der Waals surface area contributed by atoms with Crippen molar-refractivity contribution in [1.82, 2.24) is 9.97 Å². The zero-order chi connectivity index (χ0) is 13.2. The first kappa shape index (κ1) is 11.7. The number of nitrogens with zero attached hydrogens (tertiary/aromatic N) is 2. The number of nitrogens with two attached hydrogens (primary N) is 2. The Hall–Kier alpha value is -2.34. The Morgan fingerprint density at radius 3 is 2.79 bits per heavy atom. The average Bonchev–Trinajstić information content (AvgIpc) is 2.46. The Kier molecular flexibility index (Phi) is 2.92. The third kappa shape index (κ3) is 2.17. The maximum absolute atomic E-state index is 5.81. The molecular weight excluding hydrogens is 244 g/mol. The summed E-state index contributed by atoms with van der Waals surface area (Å²) in [6, 6.07) is 7.49. The number of hydrogen-bond acceptors (Lipinski definition) is 6. The minimum absolute atomic E-state index is 0.316. The monoisotopic (exact) mass is 258 g/mol. The summed E-state index contributed by atoms with van der Waals surface area (Å²) in [4.78, 5) is 8.45. The molecule has 4 N–H and O–H groups in total. The van der Waals surface area contributed by atoms with Gasteiger partial charge in [-0.3, -0.25) is 0 Å². The van der Waals surface area contributed by atoms with Gasteiger partial charge in [0.2, 0.25) is 0 Å². The fraction of sp³-hybridized carbons (Fsp3) is 0.231. The van der Waals surface area contributed by atoms with Crippen molar-refractivity contribution in [2.45, 2.75) is 12.6 Å². The molecule has 1 unspecified atom stereocenters. The third-order valence-electron chi connectivity index (χ3n) is 2.93. The lowest BCUT2D eigenvalue weighted by atomic mass is 10.2. The molecule has 1 aliphatic rings. The van der Waals surface area contributed by atoms with Gasteiger partial charge in [-0.1, -0.05) is 12.1 Å². The van der Waals surface area contributed by atoms with Gasteiger partial charge in [0.25, 0.3) is 0 Å². The summed E-state index contributed by atoms with van der Waals surface area (Å²) >= 11 is 0. The summed E-state index contributed by atoms with van der Waals surface area (Å²) < 4.78 is 11.4. The van der Waals surface area contributed by atoms with Gasteiger partial charge in [-0.05, 0) is 12.1 Å². The van der Waals surface area contributed by atoms with Crippen molar-refractivity contribution < 1.29 is 9.47 Å². The number of fused-ring (bicyclic) bond motifs is 1. The first-order chi connectivity index (χ1) is 9.28. The highest BCUT2D eigenvalue weighted by atomic mass is 16.6. The molecule has 0 aliphatic carbocycles. The van der Waals surface area contributed by atoms with Crippen LogP contribution in [0.15, 0.2) is 30.5 Å². The molecule has 1 aromatic heterocycles. The lowest BCUT2D eigenvalue weighted by molar-refractivity contribution is 0.0851. The maximum atomic E-state index is 5.81. The Morgan fingerprint density at radius 1 is 1.26 bits per heavy atom. The van der Waals surface area contributed by atoms with Crippen molar-refractivity contribution in [2.24, 2.45) is 5.73 Å². The Labute approximate surface area is 110 Å². The molecule has 19 heavy (non-hydrogen) atoms. The molecular formula is C13H14N4O2. The number of para-hydroxylation sites is 2. The van der Waals surface area contributed by atoms with Gasteiger partial charge in [0, 0.05) is 18.3 Å². The van der Waals surface area contributed by atoms with Crippen LogP contribution in [0.5, 0.6) is 11.5 Å². The molecule has 1 aromatic carbocycles. The van der Waals surface area contributed by atoms with E-state index in [9.17, 15) is 0 Å². The van der Waals surface area contributed by atoms with E-state index in [1.54, 1.807) is 6.20 Å². The lowest BCUT2D eigenvalue weighted by Crippen LogP contribution is -2.24. The van der Waals surface area contributed by atoms with Crippen molar-refractivity contribution in [3.63, 3.8) is 0 Å². The zero-order valence-corrected chi connectivity index (χ0v) is 10.2. The van der Waals surface area contributed by atoms with Crippen LogP contribution in [0.25, 0.3) is 0 Å². The minimum Gasteiger partial charge on any atom is -0.485 e. The Balaban J connectivity index is 1.87. The summed E-state index contributed by atoms with van der Waals surface area (Å²) in [7, 11) is 0. The Bertz CT molecular complexity index is 603. The highest BCUT2D eigenvalue weighted by Crippen LogP contribution is 2.35. The van der Waals surface area contributed by atoms with E-state index in [4.69, 9.17) is 20.9 Å². The second-order valence-electron chi connectivity index (χ2n) is 4.21. The van der Waals surface area contributed by atoms with Gasteiger partial charge in [0.05, 0.1) is 0 Å². The SMILES string of the molecule is NCc1cnc(C2COc3ccccc3O2)nc1N. The van der Waals surface area contributed by atoms with Crippen molar-refractivity contribution in [3.05, 3.63) is 41.9 Å². The van der Waals surface area contributed by atoms with Crippen molar-refractivity contribution >= 4 is 5.82 Å². The van der Waals surface area contributed by atoms with Gasteiger partial charge < -0.3 is 20.9 Å². The number of anilines is 1. The molecule has 3 rings (SSSR count). The first-order valence-electron chi connectivity index (χ1n) is 5.98. The molecule has 0 saturated carbocycles. The van der Waals surface area contributed by atoms with Crippen molar-refractivity contribution in [3.8, 4) is 11.5 Å². The molecule has 2 aromatic rings. The molecule has 98 valence electrons. The highest BCUT2D eigenvalue weighted by Gasteiger charge is 2.25. The Morgan fingerprint density at radius 2 is 2.05 bits per heavy atom. The van der Waals surface area contributed by atoms with Crippen LogP contribution in [0, 0.1) is 0 Å². The third-order valence-corrected chi connectivity index (χ3v) is 2.93. The molecule has 6 heteroatoms. The van der Waals surface area contributed by atoms with Gasteiger partial charge in [-0.25, -0.2) is 9.97 Å². The van der Waals surface area contributed by atoms with Crippen LogP contribution in [0.2, 0.25) is 0 Å². The quantitative estimate of drug-likeness (QED) is 0.835. The molecule has 0 amide bonds. The van der Waals surface area contributed by atoms with E-state index in [2.05, 4.69) is 9.97 Å². The first-order valence-corrected chi connectivity index (χ1v) is 5.98. The molecule has 0 spiro atoms. The van der Waals surface area contributed by atoms with Gasteiger partial charge in [0.15, 0.2) is 23.4 Å². The van der Waals surface area contributed by atoms with E-state index < -0.39 is 0 Å². The smallest absolute Gasteiger partial charge is 0.192 e. The molecule has 6 nitrogen and oxygen atoms in total. The summed E-state index contributed by atoms with van der Waals surface area (Å²) in [6.07, 6.45) is 1.27. The van der Waals surface area contributed by atoms with Crippen molar-refractivity contribution in [2.75, 3.05) is 12.3 Å². The topological polar surface area (TPSA) is 96.3 Å². The van der Waals surface area contributed by atoms with E-state index in [-0.39, 0.29) is 6.10 Å². The van der Waals surface area contributed by atoms with Crippen LogP contribution >= 0.6 is 0 Å². The van der Waals surface area contributed by atoms with E-state index in [1.807, 2.05) is 24.3 Å². The summed E-state index contributed by atoms with van der Waals surface area (Å²) in [5.41, 5.74) is 12.1. The maximum Gasteiger partial charge on any atom is 0.192 e. The molecule has 0 saturated heterocycles. The summed E-state index contributed by atoms with van der Waals surface area (Å²) in [6.45, 7) is 0.676. The largest absolute Gasteiger partial charge is 0.485 e. The van der Waals surface area contributed by atoms with E-state index in [1.165, 1.54) is 0 Å². The van der Waals surface area contributed by atoms with Crippen LogP contribution < -0.4 is 20.9 Å². The fourth-order valence-electron chi connectivity index (χ4n) is 1.89. The van der Waals surface area contributed by atoms with E-state index in [0.29, 0.717) is 30.5 Å². The second kappa shape index (κ2) is 4.74. The minimum atomic E-state index is -0.357. The van der Waals surface area contributed by atoms with E-state index in [0.717, 1.165) is 11.3 Å². The summed E-state index contributed by atoms with van der Waals surface area (Å²) in [5.74, 6) is 2.30.